The molecule has 3 aliphatic heterocycles. The molecular formula is C32H39Cl2N7O4. The number of hydrogen-bond donors (Lipinski definition) is 3. The molecule has 2 amide bonds. The van der Waals surface area contributed by atoms with Crippen molar-refractivity contribution in [2.75, 3.05) is 33.9 Å². The van der Waals surface area contributed by atoms with Crippen LogP contribution in [-0.4, -0.2) is 82.0 Å². The number of nitrogens with zero attached hydrogens (tertiary/aromatic N) is 4. The van der Waals surface area contributed by atoms with Crippen molar-refractivity contribution in [2.45, 2.75) is 69.6 Å². The molecule has 0 saturated carbocycles. The van der Waals surface area contributed by atoms with E-state index in [1.165, 1.54) is 6.07 Å². The first-order valence-corrected chi connectivity index (χ1v) is 16.0. The topological polar surface area (TPSA) is 125 Å². The average molecular weight is 657 g/mol. The lowest BCUT2D eigenvalue weighted by atomic mass is 9.91. The van der Waals surface area contributed by atoms with Crippen LogP contribution in [0.5, 0.6) is 0 Å². The van der Waals surface area contributed by atoms with E-state index in [4.69, 9.17) is 37.7 Å². The van der Waals surface area contributed by atoms with Crippen molar-refractivity contribution in [1.82, 2.24) is 35.4 Å². The molecule has 2 saturated heterocycles. The van der Waals surface area contributed by atoms with Crippen LogP contribution >= 0.6 is 23.2 Å². The number of aromatic amines is 1. The van der Waals surface area contributed by atoms with Crippen LogP contribution in [0.15, 0.2) is 36.5 Å². The molecule has 240 valence electrons. The standard InChI is InChI=1S/C32H39Cl2N7O4/c1-19(29-35-14-22-15-41(16-26(22)38-29)23-7-9-40(2)10-8-23)36-31(43)32(39-30(42)25-12-24(33)28(34)37-25)13-27(45-18-32)21-6-4-5-20(11-21)17-44-3/h4-6,11-12,14,19,23,27,37H,7-10,13,15-18H2,1-3H3,(H,36,43)(H,39,42)/t19-,27-,32+/m0/s1. The lowest BCUT2D eigenvalue weighted by Crippen LogP contribution is -2.59. The monoisotopic (exact) mass is 655 g/mol. The minimum Gasteiger partial charge on any atom is -0.380 e. The molecule has 2 aromatic heterocycles. The molecule has 0 aliphatic carbocycles. The summed E-state index contributed by atoms with van der Waals surface area (Å²) in [5, 5.41) is 6.36. The minimum absolute atomic E-state index is 0.0325. The molecule has 6 rings (SSSR count). The van der Waals surface area contributed by atoms with Gasteiger partial charge in [-0.1, -0.05) is 47.5 Å². The molecule has 3 aromatic rings. The Hall–Kier alpha value is -3.06. The van der Waals surface area contributed by atoms with Crippen LogP contribution < -0.4 is 10.6 Å². The van der Waals surface area contributed by atoms with Crippen LogP contribution in [0.1, 0.15) is 77.0 Å². The molecule has 2 fully saturated rings. The highest BCUT2D eigenvalue weighted by Crippen LogP contribution is 2.37. The van der Waals surface area contributed by atoms with Crippen molar-refractivity contribution in [2.24, 2.45) is 0 Å². The van der Waals surface area contributed by atoms with Crippen LogP contribution in [-0.2, 0) is 34.0 Å². The number of carbonyl (C=O) groups is 2. The van der Waals surface area contributed by atoms with E-state index < -0.39 is 23.6 Å². The van der Waals surface area contributed by atoms with Crippen LogP contribution in [0.4, 0.5) is 0 Å². The molecule has 3 N–H and O–H groups in total. The normalized spacial score (nSPS) is 23.2. The molecule has 0 unspecified atom stereocenters. The molecule has 1 aromatic carbocycles. The number of aromatic nitrogens is 3. The van der Waals surface area contributed by atoms with Crippen LogP contribution in [0.3, 0.4) is 0 Å². The maximum absolute atomic E-state index is 14.1. The van der Waals surface area contributed by atoms with Crippen molar-refractivity contribution < 1.29 is 19.1 Å². The Bertz CT molecular complexity index is 1540. The van der Waals surface area contributed by atoms with Crippen molar-refractivity contribution in [1.29, 1.82) is 0 Å². The van der Waals surface area contributed by atoms with Gasteiger partial charge in [-0.25, -0.2) is 9.97 Å². The molecule has 5 heterocycles. The fraction of sp³-hybridized carbons (Fsp3) is 0.500. The fourth-order valence-electron chi connectivity index (χ4n) is 6.47. The number of carbonyl (C=O) groups excluding carboxylic acids is 2. The number of nitrogens with one attached hydrogen (secondary N) is 3. The first kappa shape index (κ1) is 31.9. The third-order valence-corrected chi connectivity index (χ3v) is 9.79. The maximum Gasteiger partial charge on any atom is 0.268 e. The summed E-state index contributed by atoms with van der Waals surface area (Å²) < 4.78 is 11.5. The lowest BCUT2D eigenvalue weighted by Gasteiger charge is -2.34. The summed E-state index contributed by atoms with van der Waals surface area (Å²) in [4.78, 5) is 44.6. The molecule has 3 aliphatic rings. The third kappa shape index (κ3) is 6.89. The molecule has 3 atom stereocenters. The zero-order chi connectivity index (χ0) is 31.7. The number of hydrogen-bond acceptors (Lipinski definition) is 8. The van der Waals surface area contributed by atoms with Gasteiger partial charge in [-0.15, -0.1) is 0 Å². The highest BCUT2D eigenvalue weighted by molar-refractivity contribution is 6.41. The second kappa shape index (κ2) is 13.4. The second-order valence-corrected chi connectivity index (χ2v) is 13.2. The van der Waals surface area contributed by atoms with E-state index in [1.807, 2.05) is 37.4 Å². The van der Waals surface area contributed by atoms with Gasteiger partial charge in [0.25, 0.3) is 5.91 Å². The zero-order valence-electron chi connectivity index (χ0n) is 25.7. The number of H-pyrrole nitrogens is 1. The fourth-order valence-corrected chi connectivity index (χ4v) is 6.79. The Morgan fingerprint density at radius 3 is 2.76 bits per heavy atom. The Balaban J connectivity index is 1.19. The average Bonchev–Trinajstić information content (AvgIpc) is 3.75. The number of rotatable bonds is 9. The molecule has 0 radical (unpaired) electrons. The van der Waals surface area contributed by atoms with E-state index in [1.54, 1.807) is 7.11 Å². The summed E-state index contributed by atoms with van der Waals surface area (Å²) in [5.74, 6) is -0.383. The molecule has 0 spiro atoms. The maximum atomic E-state index is 14.1. The van der Waals surface area contributed by atoms with E-state index in [0.29, 0.717) is 18.5 Å². The summed E-state index contributed by atoms with van der Waals surface area (Å²) in [5.41, 5.74) is 2.78. The van der Waals surface area contributed by atoms with Crippen LogP contribution in [0.2, 0.25) is 10.2 Å². The highest BCUT2D eigenvalue weighted by atomic mass is 35.5. The zero-order valence-corrected chi connectivity index (χ0v) is 27.2. The van der Waals surface area contributed by atoms with Gasteiger partial charge in [0.1, 0.15) is 16.4 Å². The van der Waals surface area contributed by atoms with Gasteiger partial charge in [-0.05, 0) is 57.1 Å². The predicted octanol–water partition coefficient (Wildman–Crippen LogP) is 4.18. The van der Waals surface area contributed by atoms with Crippen LogP contribution in [0, 0.1) is 0 Å². The number of ether oxygens (including phenoxy) is 2. The number of fused-ring (bicyclic) bond motifs is 1. The van der Waals surface area contributed by atoms with Gasteiger partial charge in [-0.2, -0.15) is 0 Å². The molecular weight excluding hydrogens is 617 g/mol. The number of piperidine rings is 1. The van der Waals surface area contributed by atoms with E-state index in [0.717, 1.165) is 61.4 Å². The summed E-state index contributed by atoms with van der Waals surface area (Å²) in [6.07, 6.45) is 3.96. The summed E-state index contributed by atoms with van der Waals surface area (Å²) in [6, 6.07) is 9.29. The van der Waals surface area contributed by atoms with Crippen LogP contribution in [0.25, 0.3) is 0 Å². The Morgan fingerprint density at radius 2 is 2.02 bits per heavy atom. The van der Waals surface area contributed by atoms with Crippen molar-refractivity contribution in [3.8, 4) is 0 Å². The van der Waals surface area contributed by atoms with Crippen molar-refractivity contribution >= 4 is 35.0 Å². The summed E-state index contributed by atoms with van der Waals surface area (Å²) in [6.45, 7) is 6.09. The van der Waals surface area contributed by atoms with Gasteiger partial charge < -0.3 is 30.0 Å². The minimum atomic E-state index is -1.38. The first-order chi connectivity index (χ1) is 21.6. The SMILES string of the molecule is COCc1cccc([C@@H]2C[C@](NC(=O)c3cc(Cl)c(Cl)[nH]3)(C(=O)N[C@@H](C)c3ncc4c(n3)CN(C3CCN(C)CC3)C4)CO2)c1. The molecule has 11 nitrogen and oxygen atoms in total. The number of halogens is 2. The van der Waals surface area contributed by atoms with Gasteiger partial charge in [-0.3, -0.25) is 14.5 Å². The number of methoxy groups -OCH3 is 1. The van der Waals surface area contributed by atoms with Gasteiger partial charge in [0.15, 0.2) is 5.82 Å². The Labute approximate surface area is 273 Å². The van der Waals surface area contributed by atoms with E-state index in [-0.39, 0.29) is 34.8 Å². The van der Waals surface area contributed by atoms with Crippen molar-refractivity contribution in [3.05, 3.63) is 80.6 Å². The summed E-state index contributed by atoms with van der Waals surface area (Å²) in [7, 11) is 3.81. The second-order valence-electron chi connectivity index (χ2n) is 12.4. The first-order valence-electron chi connectivity index (χ1n) is 15.3. The summed E-state index contributed by atoms with van der Waals surface area (Å²) >= 11 is 12.2. The van der Waals surface area contributed by atoms with E-state index in [9.17, 15) is 9.59 Å². The number of amides is 2. The number of benzene rings is 1. The van der Waals surface area contributed by atoms with Gasteiger partial charge in [0.05, 0.1) is 36.1 Å². The third-order valence-electron chi connectivity index (χ3n) is 9.09. The molecule has 45 heavy (non-hydrogen) atoms. The Morgan fingerprint density at radius 1 is 1.22 bits per heavy atom. The van der Waals surface area contributed by atoms with Gasteiger partial charge >= 0.3 is 0 Å². The quantitative estimate of drug-likeness (QED) is 0.314. The Kier molecular flexibility index (Phi) is 9.47. The number of likely N-dealkylation sites (tertiary alicyclic amines) is 1. The highest BCUT2D eigenvalue weighted by Gasteiger charge is 2.49. The van der Waals surface area contributed by atoms with Gasteiger partial charge in [0.2, 0.25) is 5.91 Å². The molecule has 13 heteroatoms. The van der Waals surface area contributed by atoms with E-state index in [2.05, 4.69) is 37.4 Å². The largest absolute Gasteiger partial charge is 0.380 e. The predicted molar refractivity (Wildman–Crippen MR) is 170 cm³/mol. The smallest absolute Gasteiger partial charge is 0.268 e. The van der Waals surface area contributed by atoms with E-state index >= 15 is 0 Å². The van der Waals surface area contributed by atoms with Crippen molar-refractivity contribution in [3.63, 3.8) is 0 Å². The molecule has 0 bridgehead atoms. The van der Waals surface area contributed by atoms with Gasteiger partial charge in [0, 0.05) is 44.4 Å². The lowest BCUT2D eigenvalue weighted by molar-refractivity contribution is -0.128.